The van der Waals surface area contributed by atoms with Crippen LogP contribution in [0, 0.1) is 5.92 Å². The number of fused-ring (bicyclic) bond motifs is 1. The molecule has 3 N–H and O–H groups in total. The van der Waals surface area contributed by atoms with E-state index in [0.29, 0.717) is 5.92 Å². The van der Waals surface area contributed by atoms with E-state index < -0.39 is 0 Å². The molecule has 24 heavy (non-hydrogen) atoms. The monoisotopic (exact) mass is 462 g/mol. The summed E-state index contributed by atoms with van der Waals surface area (Å²) in [6, 6.07) is 5.93. The van der Waals surface area contributed by atoms with E-state index in [2.05, 4.69) is 26.8 Å². The number of halogens is 2. The maximum Gasteiger partial charge on any atom is 0.190 e. The van der Waals surface area contributed by atoms with E-state index in [9.17, 15) is 0 Å². The lowest BCUT2D eigenvalue weighted by molar-refractivity contribution is 0.186. The summed E-state index contributed by atoms with van der Waals surface area (Å²) >= 11 is 6.09. The number of hydrogen-bond donors (Lipinski definition) is 3. The number of aromatic amines is 1. The third-order valence-corrected chi connectivity index (χ3v) is 4.46. The third kappa shape index (κ3) is 5.00. The van der Waals surface area contributed by atoms with E-state index in [4.69, 9.17) is 16.3 Å². The van der Waals surface area contributed by atoms with Crippen molar-refractivity contribution < 1.29 is 4.74 Å². The molecule has 1 aromatic carbocycles. The first-order valence-corrected chi connectivity index (χ1v) is 8.42. The van der Waals surface area contributed by atoms with Crippen LogP contribution in [0.3, 0.4) is 0 Å². The van der Waals surface area contributed by atoms with Gasteiger partial charge in [-0.25, -0.2) is 0 Å². The van der Waals surface area contributed by atoms with E-state index in [1.807, 2.05) is 18.2 Å². The van der Waals surface area contributed by atoms with Crippen LogP contribution in [0.25, 0.3) is 10.9 Å². The van der Waals surface area contributed by atoms with E-state index in [-0.39, 0.29) is 24.0 Å². The fourth-order valence-electron chi connectivity index (χ4n) is 2.88. The summed E-state index contributed by atoms with van der Waals surface area (Å²) in [6.07, 6.45) is 4.09. The minimum atomic E-state index is 0. The van der Waals surface area contributed by atoms with Gasteiger partial charge in [0.1, 0.15) is 0 Å². The molecule has 132 valence electrons. The predicted molar refractivity (Wildman–Crippen MR) is 111 cm³/mol. The first-order valence-electron chi connectivity index (χ1n) is 8.04. The lowest BCUT2D eigenvalue weighted by Gasteiger charge is -2.14. The second-order valence-corrected chi connectivity index (χ2v) is 6.30. The van der Waals surface area contributed by atoms with Crippen molar-refractivity contribution in [1.82, 2.24) is 15.6 Å². The fourth-order valence-corrected chi connectivity index (χ4v) is 3.05. The lowest BCUT2D eigenvalue weighted by atomic mass is 10.1. The zero-order valence-corrected chi connectivity index (χ0v) is 16.9. The molecular weight excluding hydrogens is 439 g/mol. The molecular formula is C17H24ClIN4O. The van der Waals surface area contributed by atoms with Gasteiger partial charge in [0.05, 0.1) is 6.61 Å². The molecule has 7 heteroatoms. The molecule has 1 fully saturated rings. The summed E-state index contributed by atoms with van der Waals surface area (Å²) < 4.78 is 5.39. The van der Waals surface area contributed by atoms with Gasteiger partial charge in [0.2, 0.25) is 0 Å². The Morgan fingerprint density at radius 2 is 2.29 bits per heavy atom. The van der Waals surface area contributed by atoms with Crippen molar-refractivity contribution in [2.45, 2.75) is 12.8 Å². The van der Waals surface area contributed by atoms with Crippen molar-refractivity contribution in [3.8, 4) is 0 Å². The molecule has 1 aromatic heterocycles. The highest BCUT2D eigenvalue weighted by Gasteiger charge is 2.15. The van der Waals surface area contributed by atoms with Crippen LogP contribution in [0.1, 0.15) is 12.0 Å². The summed E-state index contributed by atoms with van der Waals surface area (Å²) in [5, 5.41) is 8.68. The number of aromatic nitrogens is 1. The van der Waals surface area contributed by atoms with Gasteiger partial charge in [0.25, 0.3) is 0 Å². The summed E-state index contributed by atoms with van der Waals surface area (Å²) in [7, 11) is 1.80. The van der Waals surface area contributed by atoms with Gasteiger partial charge >= 0.3 is 0 Å². The molecule has 0 amide bonds. The van der Waals surface area contributed by atoms with Gasteiger partial charge in [-0.1, -0.05) is 11.6 Å². The van der Waals surface area contributed by atoms with Crippen molar-refractivity contribution in [2.75, 3.05) is 33.4 Å². The topological polar surface area (TPSA) is 61.4 Å². The molecule has 1 aliphatic heterocycles. The molecule has 0 spiro atoms. The molecule has 0 radical (unpaired) electrons. The van der Waals surface area contributed by atoms with E-state index in [1.54, 1.807) is 7.05 Å². The molecule has 0 bridgehead atoms. The maximum atomic E-state index is 6.09. The van der Waals surface area contributed by atoms with Gasteiger partial charge < -0.3 is 20.4 Å². The highest BCUT2D eigenvalue weighted by atomic mass is 127. The second kappa shape index (κ2) is 9.48. The van der Waals surface area contributed by atoms with E-state index >= 15 is 0 Å². The number of benzene rings is 1. The van der Waals surface area contributed by atoms with Crippen LogP contribution in [-0.2, 0) is 11.2 Å². The number of hydrogen-bond acceptors (Lipinski definition) is 2. The number of H-pyrrole nitrogens is 1. The lowest BCUT2D eigenvalue weighted by Crippen LogP contribution is -2.40. The van der Waals surface area contributed by atoms with Gasteiger partial charge in [0, 0.05) is 54.8 Å². The summed E-state index contributed by atoms with van der Waals surface area (Å²) in [5.41, 5.74) is 2.38. The maximum absolute atomic E-state index is 6.09. The smallest absolute Gasteiger partial charge is 0.190 e. The van der Waals surface area contributed by atoms with Crippen molar-refractivity contribution >= 4 is 52.4 Å². The zero-order valence-electron chi connectivity index (χ0n) is 13.8. The molecule has 3 rings (SSSR count). The van der Waals surface area contributed by atoms with Gasteiger partial charge in [-0.3, -0.25) is 4.99 Å². The summed E-state index contributed by atoms with van der Waals surface area (Å²) in [5.74, 6) is 1.43. The van der Waals surface area contributed by atoms with Gasteiger partial charge in [-0.2, -0.15) is 0 Å². The van der Waals surface area contributed by atoms with Crippen molar-refractivity contribution in [2.24, 2.45) is 10.9 Å². The summed E-state index contributed by atoms with van der Waals surface area (Å²) in [6.45, 7) is 3.45. The average molecular weight is 463 g/mol. The number of nitrogens with one attached hydrogen (secondary N) is 3. The van der Waals surface area contributed by atoms with Crippen LogP contribution in [-0.4, -0.2) is 44.3 Å². The van der Waals surface area contributed by atoms with Crippen molar-refractivity contribution in [3.05, 3.63) is 35.0 Å². The van der Waals surface area contributed by atoms with Crippen LogP contribution in [0.5, 0.6) is 0 Å². The average Bonchev–Trinajstić information content (AvgIpc) is 3.20. The number of nitrogens with zero attached hydrogens (tertiary/aromatic N) is 1. The molecule has 0 aliphatic carbocycles. The Labute approximate surface area is 164 Å². The first kappa shape index (κ1) is 19.3. The van der Waals surface area contributed by atoms with Crippen molar-refractivity contribution in [3.63, 3.8) is 0 Å². The first-order chi connectivity index (χ1) is 11.3. The number of aliphatic imine (C=N–C) groups is 1. The standard InChI is InChI=1S/C17H23ClN4O.HI/c1-19-17(22-9-12-5-7-23-11-12)20-6-4-13-10-21-16-3-2-14(18)8-15(13)16;/h2-3,8,10,12,21H,4-7,9,11H2,1H3,(H2,19,20,22);1H. The minimum absolute atomic E-state index is 0. The summed E-state index contributed by atoms with van der Waals surface area (Å²) in [4.78, 5) is 7.55. The molecule has 0 saturated carbocycles. The Balaban J connectivity index is 0.00000208. The normalized spacial score (nSPS) is 17.8. The Kier molecular flexibility index (Phi) is 7.64. The van der Waals surface area contributed by atoms with E-state index in [1.165, 1.54) is 10.9 Å². The quantitative estimate of drug-likeness (QED) is 0.363. The number of ether oxygens (including phenoxy) is 1. The largest absolute Gasteiger partial charge is 0.381 e. The SMILES string of the molecule is CN=C(NCCc1c[nH]c2ccc(Cl)cc12)NCC1CCOC1.I. The van der Waals surface area contributed by atoms with Crippen LogP contribution in [0.4, 0.5) is 0 Å². The minimum Gasteiger partial charge on any atom is -0.381 e. The predicted octanol–water partition coefficient (Wildman–Crippen LogP) is 3.18. The highest BCUT2D eigenvalue weighted by molar-refractivity contribution is 14.0. The van der Waals surface area contributed by atoms with Crippen LogP contribution < -0.4 is 10.6 Å². The second-order valence-electron chi connectivity index (χ2n) is 5.86. The molecule has 5 nitrogen and oxygen atoms in total. The molecule has 1 unspecified atom stereocenters. The van der Waals surface area contributed by atoms with Crippen LogP contribution in [0.15, 0.2) is 29.4 Å². The molecule has 1 atom stereocenters. The van der Waals surface area contributed by atoms with Crippen LogP contribution >= 0.6 is 35.6 Å². The number of rotatable bonds is 5. The van der Waals surface area contributed by atoms with Gasteiger partial charge in [0.15, 0.2) is 5.96 Å². The highest BCUT2D eigenvalue weighted by Crippen LogP contribution is 2.22. The fraction of sp³-hybridized carbons (Fsp3) is 0.471. The van der Waals surface area contributed by atoms with Crippen molar-refractivity contribution in [1.29, 1.82) is 0 Å². The Morgan fingerprint density at radius 1 is 1.42 bits per heavy atom. The third-order valence-electron chi connectivity index (χ3n) is 4.22. The molecule has 1 saturated heterocycles. The Morgan fingerprint density at radius 3 is 3.04 bits per heavy atom. The Bertz CT molecular complexity index is 682. The zero-order chi connectivity index (χ0) is 16.1. The molecule has 1 aliphatic rings. The molecule has 2 heterocycles. The number of guanidine groups is 1. The molecule has 2 aromatic rings. The van der Waals surface area contributed by atoms with Gasteiger partial charge in [-0.15, -0.1) is 24.0 Å². The van der Waals surface area contributed by atoms with Crippen LogP contribution in [0.2, 0.25) is 5.02 Å². The van der Waals surface area contributed by atoms with E-state index in [0.717, 1.165) is 55.6 Å². The Hall–Kier alpha value is -0.990. The van der Waals surface area contributed by atoms with Gasteiger partial charge in [-0.05, 0) is 36.6 Å².